The predicted octanol–water partition coefficient (Wildman–Crippen LogP) is 0.617. The van der Waals surface area contributed by atoms with Crippen LogP contribution in [0.5, 0.6) is 0 Å². The maximum Gasteiger partial charge on any atom is 0.277 e. The first-order valence-electron chi connectivity index (χ1n) is 5.74. The molecule has 0 aliphatic carbocycles. The van der Waals surface area contributed by atoms with E-state index in [0.29, 0.717) is 6.54 Å². The molecule has 2 heterocycles. The van der Waals surface area contributed by atoms with Crippen LogP contribution in [0, 0.1) is 17.0 Å². The van der Waals surface area contributed by atoms with Crippen LogP contribution in [-0.2, 0) is 11.3 Å². The van der Waals surface area contributed by atoms with Gasteiger partial charge in [-0.2, -0.15) is 0 Å². The van der Waals surface area contributed by atoms with Gasteiger partial charge >= 0.3 is 0 Å². The molecule has 0 aromatic carbocycles. The zero-order valence-corrected chi connectivity index (χ0v) is 10.8. The Morgan fingerprint density at radius 2 is 2.32 bits per heavy atom. The number of ether oxygens (including phenoxy) is 1. The highest BCUT2D eigenvalue weighted by Gasteiger charge is 2.24. The van der Waals surface area contributed by atoms with Crippen molar-refractivity contribution in [2.45, 2.75) is 13.5 Å². The number of hydrazone groups is 1. The number of aromatic nitrogens is 1. The molecule has 0 bridgehead atoms. The fourth-order valence-corrected chi connectivity index (χ4v) is 1.79. The van der Waals surface area contributed by atoms with Crippen molar-refractivity contribution < 1.29 is 9.77 Å². The van der Waals surface area contributed by atoms with Gasteiger partial charge in [0.15, 0.2) is 5.03 Å². The zero-order chi connectivity index (χ0) is 13.8. The lowest BCUT2D eigenvalue weighted by Gasteiger charge is -2.34. The van der Waals surface area contributed by atoms with Gasteiger partial charge in [0.1, 0.15) is 18.6 Å². The van der Waals surface area contributed by atoms with Gasteiger partial charge in [0.25, 0.3) is 5.96 Å². The number of aryl methyl sites for hydroxylation is 1. The molecule has 0 atom stereocenters. The topological polar surface area (TPSA) is 84.1 Å². The quantitative estimate of drug-likeness (QED) is 0.588. The van der Waals surface area contributed by atoms with E-state index in [2.05, 4.69) is 10.1 Å². The van der Waals surface area contributed by atoms with Crippen LogP contribution < -0.4 is 0 Å². The van der Waals surface area contributed by atoms with Crippen LogP contribution >= 0.6 is 0 Å². The number of nitrogens with zero attached hydrogens (tertiary/aromatic N) is 5. The molecular formula is C11H15N5O3. The number of hydrogen-bond acceptors (Lipinski definition) is 4. The first-order valence-corrected chi connectivity index (χ1v) is 5.74. The van der Waals surface area contributed by atoms with E-state index in [4.69, 9.17) is 4.74 Å². The van der Waals surface area contributed by atoms with Crippen LogP contribution in [0.1, 0.15) is 11.3 Å². The van der Waals surface area contributed by atoms with E-state index < -0.39 is 5.03 Å². The summed E-state index contributed by atoms with van der Waals surface area (Å²) >= 11 is 0. The fraction of sp³-hybridized carbons (Fsp3) is 0.455. The lowest BCUT2D eigenvalue weighted by Crippen LogP contribution is -2.49. The summed E-state index contributed by atoms with van der Waals surface area (Å²) in [5.41, 5.74) is 1.87. The van der Waals surface area contributed by atoms with E-state index >= 15 is 0 Å². The van der Waals surface area contributed by atoms with Crippen molar-refractivity contribution in [3.63, 3.8) is 0 Å². The summed E-state index contributed by atoms with van der Waals surface area (Å²) < 4.78 is 5.33. The monoisotopic (exact) mass is 265 g/mol. The van der Waals surface area contributed by atoms with Gasteiger partial charge in [-0.1, -0.05) is 6.07 Å². The Balaban J connectivity index is 2.16. The van der Waals surface area contributed by atoms with Crippen LogP contribution in [-0.4, -0.2) is 46.3 Å². The van der Waals surface area contributed by atoms with E-state index in [9.17, 15) is 10.1 Å². The molecule has 2 rings (SSSR count). The Labute approximate surface area is 110 Å². The Morgan fingerprint density at radius 3 is 2.95 bits per heavy atom. The normalized spacial score (nSPS) is 17.9. The Kier molecular flexibility index (Phi) is 3.91. The molecule has 19 heavy (non-hydrogen) atoms. The summed E-state index contributed by atoms with van der Waals surface area (Å²) in [6.45, 7) is 2.92. The molecule has 1 fully saturated rings. The van der Waals surface area contributed by atoms with Crippen LogP contribution in [0.15, 0.2) is 23.4 Å². The molecule has 0 N–H and O–H groups in total. The van der Waals surface area contributed by atoms with Gasteiger partial charge in [-0.3, -0.25) is 4.98 Å². The third-order valence-electron chi connectivity index (χ3n) is 2.67. The molecule has 0 radical (unpaired) electrons. The number of guanidine groups is 1. The van der Waals surface area contributed by atoms with E-state index in [-0.39, 0.29) is 19.4 Å². The van der Waals surface area contributed by atoms with Crippen molar-refractivity contribution in [3.8, 4) is 0 Å². The third-order valence-corrected chi connectivity index (χ3v) is 2.67. The minimum absolute atomic E-state index is 0.269. The highest BCUT2D eigenvalue weighted by molar-refractivity contribution is 5.79. The summed E-state index contributed by atoms with van der Waals surface area (Å²) in [4.78, 5) is 18.0. The van der Waals surface area contributed by atoms with Crippen LogP contribution in [0.4, 0.5) is 0 Å². The van der Waals surface area contributed by atoms with Gasteiger partial charge in [-0.15, -0.1) is 0 Å². The first-order chi connectivity index (χ1) is 9.06. The summed E-state index contributed by atoms with van der Waals surface area (Å²) in [6.07, 6.45) is 1.74. The molecule has 0 saturated carbocycles. The number of nitro groups is 1. The van der Waals surface area contributed by atoms with Crippen LogP contribution in [0.3, 0.4) is 0 Å². The molecule has 1 aromatic heterocycles. The molecular weight excluding hydrogens is 250 g/mol. The Morgan fingerprint density at radius 1 is 1.53 bits per heavy atom. The number of hydrogen-bond donors (Lipinski definition) is 0. The average Bonchev–Trinajstić information content (AvgIpc) is 2.36. The van der Waals surface area contributed by atoms with Gasteiger partial charge < -0.3 is 14.5 Å². The molecule has 0 unspecified atom stereocenters. The van der Waals surface area contributed by atoms with Crippen molar-refractivity contribution in [2.24, 2.45) is 5.10 Å². The Bertz CT molecular complexity index is 488. The largest absolute Gasteiger partial charge is 0.341 e. The molecule has 1 aromatic rings. The zero-order valence-electron chi connectivity index (χ0n) is 10.8. The molecule has 1 aliphatic rings. The van der Waals surface area contributed by atoms with Crippen molar-refractivity contribution in [3.05, 3.63) is 39.7 Å². The smallest absolute Gasteiger partial charge is 0.277 e. The fourth-order valence-electron chi connectivity index (χ4n) is 1.79. The second-order valence-corrected chi connectivity index (χ2v) is 4.30. The van der Waals surface area contributed by atoms with Gasteiger partial charge in [0.2, 0.25) is 0 Å². The lowest BCUT2D eigenvalue weighted by atomic mass is 10.2. The molecule has 8 heteroatoms. The molecule has 1 saturated heterocycles. The molecule has 8 nitrogen and oxygen atoms in total. The standard InChI is InChI=1S/C11H15N5O3/c1-9-3-4-10(5-12-9)6-15-8-19-7-14(2)11(15)13-16(17)18/h3-5H,6-8H2,1-2H3/b13-11+. The second-order valence-electron chi connectivity index (χ2n) is 4.30. The summed E-state index contributed by atoms with van der Waals surface area (Å²) in [5, 5.41) is 13.3. The minimum atomic E-state index is -0.697. The summed E-state index contributed by atoms with van der Waals surface area (Å²) in [5.74, 6) is 0.289. The summed E-state index contributed by atoms with van der Waals surface area (Å²) in [7, 11) is 1.70. The average molecular weight is 265 g/mol. The van der Waals surface area contributed by atoms with E-state index in [1.54, 1.807) is 23.0 Å². The Hall–Kier alpha value is -2.22. The van der Waals surface area contributed by atoms with Gasteiger partial charge in [0.05, 0.1) is 0 Å². The minimum Gasteiger partial charge on any atom is -0.341 e. The molecule has 0 amide bonds. The first kappa shape index (κ1) is 13.2. The van der Waals surface area contributed by atoms with E-state index in [0.717, 1.165) is 11.3 Å². The van der Waals surface area contributed by atoms with Gasteiger partial charge in [0, 0.05) is 25.5 Å². The highest BCUT2D eigenvalue weighted by Crippen LogP contribution is 2.11. The number of pyridine rings is 1. The number of rotatable bonds is 3. The van der Waals surface area contributed by atoms with Crippen LogP contribution in [0.2, 0.25) is 0 Å². The third kappa shape index (κ3) is 3.38. The highest BCUT2D eigenvalue weighted by atomic mass is 16.7. The predicted molar refractivity (Wildman–Crippen MR) is 67.5 cm³/mol. The van der Waals surface area contributed by atoms with E-state index in [1.807, 2.05) is 19.1 Å². The molecule has 1 aliphatic heterocycles. The summed E-state index contributed by atoms with van der Waals surface area (Å²) in [6, 6.07) is 3.83. The molecule has 0 spiro atoms. The van der Waals surface area contributed by atoms with Gasteiger partial charge in [-0.25, -0.2) is 10.1 Å². The van der Waals surface area contributed by atoms with Crippen LogP contribution in [0.25, 0.3) is 0 Å². The van der Waals surface area contributed by atoms with Crippen molar-refractivity contribution >= 4 is 5.96 Å². The van der Waals surface area contributed by atoms with Crippen molar-refractivity contribution in [1.82, 2.24) is 14.8 Å². The van der Waals surface area contributed by atoms with Gasteiger partial charge in [-0.05, 0) is 18.6 Å². The van der Waals surface area contributed by atoms with E-state index in [1.165, 1.54) is 0 Å². The lowest BCUT2D eigenvalue weighted by molar-refractivity contribution is -0.486. The maximum absolute atomic E-state index is 10.6. The maximum atomic E-state index is 10.6. The van der Waals surface area contributed by atoms with Crippen molar-refractivity contribution in [1.29, 1.82) is 0 Å². The second kappa shape index (κ2) is 5.61. The SMILES string of the molecule is Cc1ccc(CN2COCN(C)/C2=N\[N+](=O)[O-])cn1. The molecule has 102 valence electrons. The van der Waals surface area contributed by atoms with Crippen molar-refractivity contribution in [2.75, 3.05) is 20.5 Å².